The molecule has 1 aromatic carbocycles. The first-order chi connectivity index (χ1) is 9.53. The lowest BCUT2D eigenvalue weighted by molar-refractivity contribution is -0.129. The van der Waals surface area contributed by atoms with Gasteiger partial charge in [-0.1, -0.05) is 12.1 Å². The molecule has 2 atom stereocenters. The van der Waals surface area contributed by atoms with Gasteiger partial charge in [-0.15, -0.1) is 11.8 Å². The summed E-state index contributed by atoms with van der Waals surface area (Å²) in [5.41, 5.74) is 1.26. The van der Waals surface area contributed by atoms with E-state index in [1.165, 1.54) is 5.56 Å². The number of rotatable bonds is 7. The average Bonchev–Trinajstić information content (AvgIpc) is 2.48. The van der Waals surface area contributed by atoms with Crippen LogP contribution in [0, 0.1) is 0 Å². The molecule has 2 unspecified atom stereocenters. The van der Waals surface area contributed by atoms with Crippen molar-refractivity contribution in [1.82, 2.24) is 10.2 Å². The second-order valence-corrected chi connectivity index (χ2v) is 6.26. The predicted octanol–water partition coefficient (Wildman–Crippen LogP) is 3.32. The Bertz CT molecular complexity index is 415. The zero-order chi connectivity index (χ0) is 15.1. The summed E-state index contributed by atoms with van der Waals surface area (Å²) >= 11 is 1.63. The maximum absolute atomic E-state index is 12.2. The van der Waals surface area contributed by atoms with Gasteiger partial charge >= 0.3 is 0 Å². The van der Waals surface area contributed by atoms with Crippen molar-refractivity contribution >= 4 is 17.7 Å². The van der Waals surface area contributed by atoms with Gasteiger partial charge < -0.3 is 10.2 Å². The zero-order valence-corrected chi connectivity index (χ0v) is 14.0. The first-order valence-electron chi connectivity index (χ1n) is 7.26. The summed E-state index contributed by atoms with van der Waals surface area (Å²) < 4.78 is 0. The highest BCUT2D eigenvalue weighted by Gasteiger charge is 2.19. The van der Waals surface area contributed by atoms with E-state index in [4.69, 9.17) is 0 Å². The lowest BCUT2D eigenvalue weighted by Crippen LogP contribution is -2.36. The van der Waals surface area contributed by atoms with Gasteiger partial charge in [0, 0.05) is 24.0 Å². The molecule has 0 saturated carbocycles. The number of carbonyl (C=O) groups is 1. The van der Waals surface area contributed by atoms with Gasteiger partial charge in [0.1, 0.15) is 0 Å². The van der Waals surface area contributed by atoms with Crippen molar-refractivity contribution in [3.63, 3.8) is 0 Å². The largest absolute Gasteiger partial charge is 0.342 e. The Balaban J connectivity index is 2.66. The lowest BCUT2D eigenvalue weighted by atomic mass is 10.1. The molecule has 0 saturated heterocycles. The molecule has 3 nitrogen and oxygen atoms in total. The minimum absolute atomic E-state index is 0.0394. The van der Waals surface area contributed by atoms with Crippen molar-refractivity contribution in [2.24, 2.45) is 0 Å². The highest BCUT2D eigenvalue weighted by molar-refractivity contribution is 8.00. The molecule has 0 aliphatic heterocycles. The molecular formula is C16H26N2OS. The molecule has 0 fully saturated rings. The van der Waals surface area contributed by atoms with Crippen LogP contribution in [0.15, 0.2) is 29.2 Å². The fourth-order valence-corrected chi connectivity index (χ4v) is 3.00. The maximum atomic E-state index is 12.2. The summed E-state index contributed by atoms with van der Waals surface area (Å²) in [5.74, 6) is 0.215. The quantitative estimate of drug-likeness (QED) is 0.783. The van der Waals surface area contributed by atoms with E-state index in [-0.39, 0.29) is 11.2 Å². The second kappa shape index (κ2) is 8.32. The Kier molecular flexibility index (Phi) is 7.10. The van der Waals surface area contributed by atoms with Gasteiger partial charge in [-0.3, -0.25) is 4.79 Å². The van der Waals surface area contributed by atoms with E-state index in [0.29, 0.717) is 6.04 Å². The van der Waals surface area contributed by atoms with Crippen LogP contribution < -0.4 is 5.32 Å². The van der Waals surface area contributed by atoms with E-state index < -0.39 is 0 Å². The molecule has 1 N–H and O–H groups in total. The Labute approximate surface area is 127 Å². The normalized spacial score (nSPS) is 13.8. The Morgan fingerprint density at radius 3 is 2.20 bits per heavy atom. The van der Waals surface area contributed by atoms with Crippen molar-refractivity contribution in [1.29, 1.82) is 0 Å². The third kappa shape index (κ3) is 4.53. The summed E-state index contributed by atoms with van der Waals surface area (Å²) in [7, 11) is 1.96. The number of nitrogens with zero attached hydrogens (tertiary/aromatic N) is 1. The van der Waals surface area contributed by atoms with Gasteiger partial charge in [0.15, 0.2) is 0 Å². The molecule has 0 spiro atoms. The Morgan fingerprint density at radius 1 is 1.20 bits per heavy atom. The first kappa shape index (κ1) is 17.1. The Morgan fingerprint density at radius 2 is 1.75 bits per heavy atom. The smallest absolute Gasteiger partial charge is 0.235 e. The van der Waals surface area contributed by atoms with Gasteiger partial charge in [0.05, 0.1) is 5.25 Å². The van der Waals surface area contributed by atoms with Gasteiger partial charge in [-0.2, -0.15) is 0 Å². The van der Waals surface area contributed by atoms with E-state index in [0.717, 1.165) is 18.0 Å². The zero-order valence-electron chi connectivity index (χ0n) is 13.1. The summed E-state index contributed by atoms with van der Waals surface area (Å²) in [6, 6.07) is 8.79. The number of hydrogen-bond acceptors (Lipinski definition) is 3. The summed E-state index contributed by atoms with van der Waals surface area (Å²) in [6.45, 7) is 9.71. The standard InChI is InChI=1S/C16H26N2OS/c1-6-18(7-2)16(19)13(4)20-15-10-8-14(9-11-15)12(3)17-5/h8-13,17H,6-7H2,1-5H3. The molecule has 4 heteroatoms. The molecule has 1 rings (SSSR count). The van der Waals surface area contributed by atoms with Gasteiger partial charge in [0.25, 0.3) is 0 Å². The minimum Gasteiger partial charge on any atom is -0.342 e. The fraction of sp³-hybridized carbons (Fsp3) is 0.562. The van der Waals surface area contributed by atoms with Gasteiger partial charge in [-0.25, -0.2) is 0 Å². The number of nitrogens with one attached hydrogen (secondary N) is 1. The summed E-state index contributed by atoms with van der Waals surface area (Å²) in [6.07, 6.45) is 0. The molecule has 0 aliphatic rings. The van der Waals surface area contributed by atoms with Crippen molar-refractivity contribution in [3.05, 3.63) is 29.8 Å². The third-order valence-corrected chi connectivity index (χ3v) is 4.65. The fourth-order valence-electron chi connectivity index (χ4n) is 2.05. The average molecular weight is 294 g/mol. The number of amides is 1. The molecule has 0 aliphatic carbocycles. The molecule has 0 bridgehead atoms. The number of hydrogen-bond donors (Lipinski definition) is 1. The molecule has 20 heavy (non-hydrogen) atoms. The van der Waals surface area contributed by atoms with E-state index in [2.05, 4.69) is 36.5 Å². The van der Waals surface area contributed by atoms with Crippen LogP contribution >= 0.6 is 11.8 Å². The van der Waals surface area contributed by atoms with Crippen molar-refractivity contribution in [2.75, 3.05) is 20.1 Å². The topological polar surface area (TPSA) is 32.3 Å². The summed E-state index contributed by atoms with van der Waals surface area (Å²) in [5, 5.41) is 3.18. The Hall–Kier alpha value is -1.00. The van der Waals surface area contributed by atoms with Crippen LogP contribution in [0.1, 0.15) is 39.3 Å². The van der Waals surface area contributed by atoms with Crippen LogP contribution in [0.5, 0.6) is 0 Å². The lowest BCUT2D eigenvalue weighted by Gasteiger charge is -2.22. The highest BCUT2D eigenvalue weighted by atomic mass is 32.2. The molecular weight excluding hydrogens is 268 g/mol. The van der Waals surface area contributed by atoms with Crippen molar-refractivity contribution < 1.29 is 4.79 Å². The van der Waals surface area contributed by atoms with Gasteiger partial charge in [0.2, 0.25) is 5.91 Å². The number of benzene rings is 1. The predicted molar refractivity (Wildman–Crippen MR) is 87.2 cm³/mol. The molecule has 112 valence electrons. The van der Waals surface area contributed by atoms with Crippen LogP contribution in [-0.4, -0.2) is 36.2 Å². The molecule has 0 heterocycles. The SMILES string of the molecule is CCN(CC)C(=O)C(C)Sc1ccc(C(C)NC)cc1. The highest BCUT2D eigenvalue weighted by Crippen LogP contribution is 2.26. The summed E-state index contributed by atoms with van der Waals surface area (Å²) in [4.78, 5) is 15.3. The van der Waals surface area contributed by atoms with Crippen molar-refractivity contribution in [3.8, 4) is 0 Å². The van der Waals surface area contributed by atoms with E-state index in [1.54, 1.807) is 11.8 Å². The van der Waals surface area contributed by atoms with Crippen LogP contribution in [0.3, 0.4) is 0 Å². The van der Waals surface area contributed by atoms with Crippen LogP contribution in [0.4, 0.5) is 0 Å². The van der Waals surface area contributed by atoms with E-state index >= 15 is 0 Å². The van der Waals surface area contributed by atoms with Gasteiger partial charge in [-0.05, 0) is 52.4 Å². The molecule has 0 radical (unpaired) electrons. The molecule has 1 amide bonds. The molecule has 1 aromatic rings. The molecule has 0 aromatic heterocycles. The van der Waals surface area contributed by atoms with Crippen LogP contribution in [0.25, 0.3) is 0 Å². The monoisotopic (exact) mass is 294 g/mol. The van der Waals surface area contributed by atoms with E-state index in [1.807, 2.05) is 32.7 Å². The maximum Gasteiger partial charge on any atom is 0.235 e. The second-order valence-electron chi connectivity index (χ2n) is 4.85. The van der Waals surface area contributed by atoms with Crippen LogP contribution in [-0.2, 0) is 4.79 Å². The van der Waals surface area contributed by atoms with Crippen LogP contribution in [0.2, 0.25) is 0 Å². The first-order valence-corrected chi connectivity index (χ1v) is 8.14. The van der Waals surface area contributed by atoms with E-state index in [9.17, 15) is 4.79 Å². The van der Waals surface area contributed by atoms with Crippen molar-refractivity contribution in [2.45, 2.75) is 43.9 Å². The minimum atomic E-state index is -0.0394. The number of carbonyl (C=O) groups excluding carboxylic acids is 1. The number of thioether (sulfide) groups is 1. The third-order valence-electron chi connectivity index (χ3n) is 3.55.